The van der Waals surface area contributed by atoms with Gasteiger partial charge in [-0.15, -0.1) is 0 Å². The lowest BCUT2D eigenvalue weighted by Gasteiger charge is -2.24. The number of carbonyl (C=O) groups is 2. The van der Waals surface area contributed by atoms with Crippen LogP contribution in [-0.4, -0.2) is 37.3 Å². The molecule has 3 aromatic carbocycles. The SMILES string of the molecule is CCOC(=O)C1=C(C)N=c2s/c(=C\c3ccc(OC(=O)c4cccc(Br)c4)c(OC)c3)c(=O)n2[C@H]1c1ccc(OC)cc1. The second-order valence-electron chi connectivity index (χ2n) is 9.39. The second kappa shape index (κ2) is 12.8. The molecular formula is C32H27BrN2O7S. The second-order valence-corrected chi connectivity index (χ2v) is 11.3. The van der Waals surface area contributed by atoms with Crippen molar-refractivity contribution in [1.29, 1.82) is 0 Å². The van der Waals surface area contributed by atoms with Crippen LogP contribution in [0, 0.1) is 0 Å². The van der Waals surface area contributed by atoms with E-state index < -0.39 is 18.0 Å². The monoisotopic (exact) mass is 662 g/mol. The van der Waals surface area contributed by atoms with Gasteiger partial charge in [-0.25, -0.2) is 14.6 Å². The molecule has 0 fully saturated rings. The maximum atomic E-state index is 13.9. The molecule has 0 saturated heterocycles. The van der Waals surface area contributed by atoms with Crippen molar-refractivity contribution in [1.82, 2.24) is 4.57 Å². The zero-order valence-corrected chi connectivity index (χ0v) is 26.2. The molecule has 0 bridgehead atoms. The van der Waals surface area contributed by atoms with Crippen LogP contribution in [0.25, 0.3) is 6.08 Å². The van der Waals surface area contributed by atoms with Crippen LogP contribution >= 0.6 is 27.3 Å². The first-order chi connectivity index (χ1) is 20.7. The molecule has 1 atom stereocenters. The van der Waals surface area contributed by atoms with E-state index in [4.69, 9.17) is 18.9 Å². The van der Waals surface area contributed by atoms with Crippen molar-refractivity contribution in [3.8, 4) is 17.2 Å². The third kappa shape index (κ3) is 6.18. The molecule has 0 radical (unpaired) electrons. The van der Waals surface area contributed by atoms with Crippen LogP contribution in [0.3, 0.4) is 0 Å². The first-order valence-electron chi connectivity index (χ1n) is 13.2. The summed E-state index contributed by atoms with van der Waals surface area (Å²) in [5, 5.41) is 0. The molecular weight excluding hydrogens is 636 g/mol. The molecule has 4 aromatic rings. The maximum Gasteiger partial charge on any atom is 0.343 e. The van der Waals surface area contributed by atoms with Crippen LogP contribution in [0.1, 0.15) is 41.4 Å². The minimum atomic E-state index is -0.738. The fourth-order valence-corrected chi connectivity index (χ4v) is 6.12. The molecule has 0 N–H and O–H groups in total. The first kappa shape index (κ1) is 30.0. The average molecular weight is 664 g/mol. The number of carbonyl (C=O) groups excluding carboxylic acids is 2. The number of allylic oxidation sites excluding steroid dienone is 1. The van der Waals surface area contributed by atoms with Crippen LogP contribution in [0.15, 0.2) is 92.3 Å². The summed E-state index contributed by atoms with van der Waals surface area (Å²) in [7, 11) is 3.04. The zero-order chi connectivity index (χ0) is 30.7. The summed E-state index contributed by atoms with van der Waals surface area (Å²) in [6.45, 7) is 3.65. The van der Waals surface area contributed by atoms with Crippen molar-refractivity contribution in [2.45, 2.75) is 19.9 Å². The van der Waals surface area contributed by atoms with Crippen molar-refractivity contribution < 1.29 is 28.5 Å². The topological polar surface area (TPSA) is 105 Å². The van der Waals surface area contributed by atoms with Gasteiger partial charge in [0.05, 0.1) is 48.2 Å². The lowest BCUT2D eigenvalue weighted by atomic mass is 9.96. The molecule has 2 heterocycles. The number of hydrogen-bond donors (Lipinski definition) is 0. The van der Waals surface area contributed by atoms with E-state index in [1.54, 1.807) is 75.6 Å². The van der Waals surface area contributed by atoms with E-state index in [1.165, 1.54) is 23.0 Å². The molecule has 43 heavy (non-hydrogen) atoms. The summed E-state index contributed by atoms with van der Waals surface area (Å²) in [4.78, 5) is 44.7. The van der Waals surface area contributed by atoms with Gasteiger partial charge in [0.1, 0.15) is 5.75 Å². The Morgan fingerprint density at radius 1 is 1.00 bits per heavy atom. The van der Waals surface area contributed by atoms with E-state index in [1.807, 2.05) is 18.2 Å². The van der Waals surface area contributed by atoms with Gasteiger partial charge in [-0.2, -0.15) is 0 Å². The smallest absolute Gasteiger partial charge is 0.343 e. The van der Waals surface area contributed by atoms with E-state index in [2.05, 4.69) is 20.9 Å². The van der Waals surface area contributed by atoms with Gasteiger partial charge in [0, 0.05) is 4.47 Å². The Bertz CT molecular complexity index is 1930. The summed E-state index contributed by atoms with van der Waals surface area (Å²) in [5.74, 6) is 0.138. The summed E-state index contributed by atoms with van der Waals surface area (Å²) in [6.07, 6.45) is 1.71. The van der Waals surface area contributed by atoms with Crippen molar-refractivity contribution in [2.75, 3.05) is 20.8 Å². The number of methoxy groups -OCH3 is 2. The molecule has 0 aliphatic carbocycles. The Morgan fingerprint density at radius 3 is 2.44 bits per heavy atom. The Balaban J connectivity index is 1.55. The Hall–Kier alpha value is -4.48. The first-order valence-corrected chi connectivity index (χ1v) is 14.8. The predicted molar refractivity (Wildman–Crippen MR) is 165 cm³/mol. The van der Waals surface area contributed by atoms with E-state index in [0.717, 1.165) is 4.47 Å². The molecule has 0 spiro atoms. The Labute approximate surface area is 259 Å². The number of aromatic nitrogens is 1. The normalized spacial score (nSPS) is 14.5. The fourth-order valence-electron chi connectivity index (χ4n) is 4.68. The molecule has 0 saturated carbocycles. The molecule has 5 rings (SSSR count). The van der Waals surface area contributed by atoms with Gasteiger partial charge in [-0.05, 0) is 73.5 Å². The summed E-state index contributed by atoms with van der Waals surface area (Å²) in [6, 6.07) is 18.3. The number of fused-ring (bicyclic) bond motifs is 1. The molecule has 1 aromatic heterocycles. The zero-order valence-electron chi connectivity index (χ0n) is 23.8. The van der Waals surface area contributed by atoms with Crippen molar-refractivity contribution in [3.63, 3.8) is 0 Å². The third-order valence-electron chi connectivity index (χ3n) is 6.70. The highest BCUT2D eigenvalue weighted by atomic mass is 79.9. The number of rotatable bonds is 8. The van der Waals surface area contributed by atoms with Gasteiger partial charge in [0.15, 0.2) is 16.3 Å². The van der Waals surface area contributed by atoms with E-state index >= 15 is 0 Å². The standard InChI is InChI=1S/C32H27BrN2O7S/c1-5-41-31(38)27-18(2)34-32-35(28(27)20-10-12-23(39-3)13-11-20)29(36)26(43-32)16-19-9-14-24(25(15-19)40-4)42-30(37)21-7-6-8-22(33)17-21/h6-17,28H,5H2,1-4H3/b26-16-/t28-/m0/s1. The number of nitrogens with zero attached hydrogens (tertiary/aromatic N) is 2. The molecule has 220 valence electrons. The summed E-state index contributed by atoms with van der Waals surface area (Å²) >= 11 is 4.56. The minimum Gasteiger partial charge on any atom is -0.497 e. The number of thiazole rings is 1. The molecule has 9 nitrogen and oxygen atoms in total. The van der Waals surface area contributed by atoms with Crippen LogP contribution < -0.4 is 29.1 Å². The molecule has 0 amide bonds. The Kier molecular flexibility index (Phi) is 8.93. The van der Waals surface area contributed by atoms with Crippen LogP contribution in [-0.2, 0) is 9.53 Å². The van der Waals surface area contributed by atoms with Crippen LogP contribution in [0.2, 0.25) is 0 Å². The van der Waals surface area contributed by atoms with Crippen molar-refractivity contribution >= 4 is 45.3 Å². The quantitative estimate of drug-likeness (QED) is 0.197. The van der Waals surface area contributed by atoms with E-state index in [-0.39, 0.29) is 17.9 Å². The number of benzene rings is 3. The van der Waals surface area contributed by atoms with Gasteiger partial charge in [0.2, 0.25) is 0 Å². The molecule has 11 heteroatoms. The van der Waals surface area contributed by atoms with E-state index in [9.17, 15) is 14.4 Å². The molecule has 1 aliphatic heterocycles. The fraction of sp³-hybridized carbons (Fsp3) is 0.188. The lowest BCUT2D eigenvalue weighted by molar-refractivity contribution is -0.139. The Morgan fingerprint density at radius 2 is 1.77 bits per heavy atom. The van der Waals surface area contributed by atoms with Crippen LogP contribution in [0.4, 0.5) is 0 Å². The summed E-state index contributed by atoms with van der Waals surface area (Å²) < 4.78 is 24.4. The molecule has 1 aliphatic rings. The lowest BCUT2D eigenvalue weighted by Crippen LogP contribution is -2.39. The van der Waals surface area contributed by atoms with Crippen LogP contribution in [0.5, 0.6) is 17.2 Å². The van der Waals surface area contributed by atoms with Crippen molar-refractivity contribution in [3.05, 3.63) is 119 Å². The average Bonchev–Trinajstić information content (AvgIpc) is 3.30. The summed E-state index contributed by atoms with van der Waals surface area (Å²) in [5.41, 5.74) is 2.19. The highest BCUT2D eigenvalue weighted by Gasteiger charge is 2.33. The number of esters is 2. The van der Waals surface area contributed by atoms with Gasteiger partial charge < -0.3 is 18.9 Å². The largest absolute Gasteiger partial charge is 0.497 e. The number of ether oxygens (including phenoxy) is 4. The highest BCUT2D eigenvalue weighted by molar-refractivity contribution is 9.10. The highest BCUT2D eigenvalue weighted by Crippen LogP contribution is 2.32. The van der Waals surface area contributed by atoms with Gasteiger partial charge >= 0.3 is 11.9 Å². The molecule has 0 unspecified atom stereocenters. The van der Waals surface area contributed by atoms with E-state index in [0.29, 0.717) is 48.8 Å². The van der Waals surface area contributed by atoms with Crippen molar-refractivity contribution in [2.24, 2.45) is 4.99 Å². The van der Waals surface area contributed by atoms with Gasteiger partial charge in [-0.3, -0.25) is 9.36 Å². The predicted octanol–water partition coefficient (Wildman–Crippen LogP) is 4.80. The third-order valence-corrected chi connectivity index (χ3v) is 8.17. The minimum absolute atomic E-state index is 0.186. The van der Waals surface area contributed by atoms with Gasteiger partial charge in [0.25, 0.3) is 5.56 Å². The maximum absolute atomic E-state index is 13.9. The number of halogens is 1. The number of hydrogen-bond acceptors (Lipinski definition) is 9. The van der Waals surface area contributed by atoms with Gasteiger partial charge in [-0.1, -0.05) is 51.5 Å².